The van der Waals surface area contributed by atoms with Crippen LogP contribution in [-0.2, 0) is 10.3 Å². The van der Waals surface area contributed by atoms with Crippen LogP contribution in [0.5, 0.6) is 0 Å². The summed E-state index contributed by atoms with van der Waals surface area (Å²) in [6.07, 6.45) is -3.85. The summed E-state index contributed by atoms with van der Waals surface area (Å²) in [5, 5.41) is 2.81. The average molecular weight is 397 g/mol. The van der Waals surface area contributed by atoms with Crippen molar-refractivity contribution in [1.29, 1.82) is 0 Å². The van der Waals surface area contributed by atoms with Gasteiger partial charge in [0.15, 0.2) is 5.54 Å². The van der Waals surface area contributed by atoms with Crippen LogP contribution in [0.4, 0.5) is 24.5 Å². The smallest absolute Gasteiger partial charge is 0.344 e. The summed E-state index contributed by atoms with van der Waals surface area (Å²) in [4.78, 5) is 13.6. The number of carbonyl (C=O) groups excluding carboxylic acids is 1. The fraction of sp³-hybridized carbons (Fsp3) is 0.350. The van der Waals surface area contributed by atoms with Gasteiger partial charge < -0.3 is 10.2 Å². The molecule has 3 nitrogen and oxygen atoms in total. The zero-order valence-corrected chi connectivity index (χ0v) is 15.6. The summed E-state index contributed by atoms with van der Waals surface area (Å²) < 4.78 is 44.2. The van der Waals surface area contributed by atoms with Crippen molar-refractivity contribution in [2.45, 2.75) is 37.9 Å². The summed E-state index contributed by atoms with van der Waals surface area (Å²) in [7, 11) is 0. The van der Waals surface area contributed by atoms with Gasteiger partial charge in [-0.2, -0.15) is 13.2 Å². The number of unbranched alkanes of at least 4 members (excludes halogenated alkanes) is 1. The number of alkyl halides is 3. The second-order valence-electron chi connectivity index (χ2n) is 6.62. The molecule has 3 rings (SSSR count). The van der Waals surface area contributed by atoms with Crippen LogP contribution < -0.4 is 10.2 Å². The van der Waals surface area contributed by atoms with Crippen molar-refractivity contribution in [3.63, 3.8) is 0 Å². The van der Waals surface area contributed by atoms with E-state index in [-0.39, 0.29) is 22.7 Å². The quantitative estimate of drug-likeness (QED) is 0.714. The van der Waals surface area contributed by atoms with Crippen LogP contribution in [-0.4, -0.2) is 18.6 Å². The Morgan fingerprint density at radius 2 is 1.89 bits per heavy atom. The minimum absolute atomic E-state index is 0.0225. The molecule has 0 radical (unpaired) electrons. The van der Waals surface area contributed by atoms with Crippen molar-refractivity contribution in [3.05, 3.63) is 59.1 Å². The van der Waals surface area contributed by atoms with Crippen LogP contribution in [0.3, 0.4) is 0 Å². The van der Waals surface area contributed by atoms with Gasteiger partial charge in [0.1, 0.15) is 0 Å². The molecule has 0 saturated carbocycles. The highest BCUT2D eigenvalue weighted by molar-refractivity contribution is 6.30. The molecule has 0 aromatic heterocycles. The maximum Gasteiger partial charge on any atom is 0.415 e. The number of anilines is 2. The molecule has 1 atom stereocenters. The maximum absolute atomic E-state index is 14.7. The molecule has 144 valence electrons. The lowest BCUT2D eigenvalue weighted by molar-refractivity contribution is -0.193. The molecule has 27 heavy (non-hydrogen) atoms. The van der Waals surface area contributed by atoms with Gasteiger partial charge in [0, 0.05) is 22.0 Å². The van der Waals surface area contributed by atoms with Gasteiger partial charge in [-0.25, -0.2) is 0 Å². The lowest BCUT2D eigenvalue weighted by atomic mass is 9.81. The van der Waals surface area contributed by atoms with Crippen molar-refractivity contribution >= 4 is 28.9 Å². The molecule has 0 fully saturated rings. The van der Waals surface area contributed by atoms with Crippen LogP contribution in [0.15, 0.2) is 48.5 Å². The van der Waals surface area contributed by atoms with E-state index in [1.807, 2.05) is 6.92 Å². The van der Waals surface area contributed by atoms with E-state index >= 15 is 0 Å². The third-order valence-corrected chi connectivity index (χ3v) is 5.13. The molecule has 7 heteroatoms. The van der Waals surface area contributed by atoms with E-state index in [0.29, 0.717) is 18.5 Å². The fourth-order valence-corrected chi connectivity index (χ4v) is 3.82. The first-order chi connectivity index (χ1) is 12.8. The average Bonchev–Trinajstić information content (AvgIpc) is 2.75. The highest BCUT2D eigenvalue weighted by Gasteiger charge is 2.61. The number of hydrogen-bond donors (Lipinski definition) is 1. The first-order valence-electron chi connectivity index (χ1n) is 8.79. The molecule has 0 aliphatic carbocycles. The van der Waals surface area contributed by atoms with Crippen LogP contribution in [0, 0.1) is 0 Å². The number of nitrogens with zero attached hydrogens (tertiary/aromatic N) is 1. The number of fused-ring (bicyclic) bond motifs is 1. The van der Waals surface area contributed by atoms with Crippen LogP contribution in [0.1, 0.15) is 31.7 Å². The number of nitrogens with one attached hydrogen (secondary N) is 1. The summed E-state index contributed by atoms with van der Waals surface area (Å²) in [5.41, 5.74) is -1.89. The Hall–Kier alpha value is -2.21. The fourth-order valence-electron chi connectivity index (χ4n) is 3.65. The van der Waals surface area contributed by atoms with Crippen molar-refractivity contribution in [1.82, 2.24) is 0 Å². The maximum atomic E-state index is 14.7. The predicted molar refractivity (Wildman–Crippen MR) is 101 cm³/mol. The predicted octanol–water partition coefficient (Wildman–Crippen LogP) is 5.75. The zero-order chi connectivity index (χ0) is 19.7. The van der Waals surface area contributed by atoms with Crippen molar-refractivity contribution in [3.8, 4) is 0 Å². The highest BCUT2D eigenvalue weighted by Crippen LogP contribution is 2.52. The molecule has 1 unspecified atom stereocenters. The molecule has 1 N–H and O–H groups in total. The molecule has 2 aromatic carbocycles. The third-order valence-electron chi connectivity index (χ3n) is 4.89. The van der Waals surface area contributed by atoms with Gasteiger partial charge in [-0.1, -0.05) is 49.6 Å². The van der Waals surface area contributed by atoms with Crippen LogP contribution in [0.25, 0.3) is 0 Å². The Morgan fingerprint density at radius 1 is 1.19 bits per heavy atom. The molecule has 0 spiro atoms. The second kappa shape index (κ2) is 7.43. The van der Waals surface area contributed by atoms with Gasteiger partial charge in [-0.3, -0.25) is 4.79 Å². The minimum Gasteiger partial charge on any atom is -0.344 e. The largest absolute Gasteiger partial charge is 0.415 e. The summed E-state index contributed by atoms with van der Waals surface area (Å²) in [6, 6.07) is 12.5. The van der Waals surface area contributed by atoms with Gasteiger partial charge in [0.2, 0.25) is 5.91 Å². The van der Waals surface area contributed by atoms with Crippen molar-refractivity contribution in [2.75, 3.05) is 16.8 Å². The first-order valence-corrected chi connectivity index (χ1v) is 9.16. The van der Waals surface area contributed by atoms with E-state index < -0.39 is 24.2 Å². The van der Waals surface area contributed by atoms with Gasteiger partial charge in [0.05, 0.1) is 6.54 Å². The number of amides is 1. The van der Waals surface area contributed by atoms with Crippen molar-refractivity contribution in [2.24, 2.45) is 0 Å². The Bertz CT molecular complexity index is 826. The SMILES string of the molecule is CCCCC1(C(F)(F)F)c2cc(Cl)ccc2NC(=O)CN1c1ccccc1. The zero-order valence-electron chi connectivity index (χ0n) is 14.8. The molecule has 1 heterocycles. The lowest BCUT2D eigenvalue weighted by Crippen LogP contribution is -2.57. The molecule has 2 aromatic rings. The standard InChI is InChI=1S/C20H20ClF3N2O/c1-2-3-11-19(20(22,23)24)16-12-14(21)9-10-17(16)25-18(27)13-26(19)15-7-5-4-6-8-15/h4-10,12H,2-3,11,13H2,1H3,(H,25,27). The number of halogens is 4. The number of rotatable bonds is 4. The van der Waals surface area contributed by atoms with E-state index in [1.54, 1.807) is 30.3 Å². The van der Waals surface area contributed by atoms with E-state index in [2.05, 4.69) is 5.32 Å². The molecule has 1 amide bonds. The molecule has 0 saturated heterocycles. The normalized spacial score (nSPS) is 20.0. The molecule has 1 aliphatic heterocycles. The van der Waals surface area contributed by atoms with Gasteiger partial charge in [-0.15, -0.1) is 0 Å². The van der Waals surface area contributed by atoms with E-state index in [0.717, 1.165) is 0 Å². The van der Waals surface area contributed by atoms with Gasteiger partial charge >= 0.3 is 6.18 Å². The first kappa shape index (κ1) is 19.5. The highest BCUT2D eigenvalue weighted by atomic mass is 35.5. The Kier molecular flexibility index (Phi) is 5.38. The number of carbonyl (C=O) groups is 1. The Balaban J connectivity index is 2.34. The Morgan fingerprint density at radius 3 is 2.52 bits per heavy atom. The van der Waals surface area contributed by atoms with Gasteiger partial charge in [-0.05, 0) is 36.8 Å². The van der Waals surface area contributed by atoms with Crippen LogP contribution in [0.2, 0.25) is 5.02 Å². The number of hydrogen-bond acceptors (Lipinski definition) is 2. The number of benzene rings is 2. The Labute approximate surface area is 161 Å². The summed E-state index contributed by atoms with van der Waals surface area (Å²) >= 11 is 6.07. The third kappa shape index (κ3) is 3.50. The topological polar surface area (TPSA) is 32.3 Å². The van der Waals surface area contributed by atoms with E-state index in [1.165, 1.54) is 23.1 Å². The van der Waals surface area contributed by atoms with Crippen molar-refractivity contribution < 1.29 is 18.0 Å². The van der Waals surface area contributed by atoms with Crippen LogP contribution >= 0.6 is 11.6 Å². The summed E-state index contributed by atoms with van der Waals surface area (Å²) in [6.45, 7) is 1.44. The lowest BCUT2D eigenvalue weighted by Gasteiger charge is -2.45. The molecular weight excluding hydrogens is 377 g/mol. The minimum atomic E-state index is -4.62. The molecule has 1 aliphatic rings. The second-order valence-corrected chi connectivity index (χ2v) is 7.06. The molecular formula is C20H20ClF3N2O. The summed E-state index contributed by atoms with van der Waals surface area (Å²) in [5.74, 6) is -0.495. The van der Waals surface area contributed by atoms with Gasteiger partial charge in [0.25, 0.3) is 0 Å². The van der Waals surface area contributed by atoms with E-state index in [9.17, 15) is 18.0 Å². The van der Waals surface area contributed by atoms with E-state index in [4.69, 9.17) is 11.6 Å². The monoisotopic (exact) mass is 396 g/mol. The molecule has 0 bridgehead atoms. The number of para-hydroxylation sites is 1.